The first-order chi connectivity index (χ1) is 16.2. The minimum atomic E-state index is -1.37. The van der Waals surface area contributed by atoms with Crippen LogP contribution in [0.15, 0.2) is 0 Å². The molecule has 11 nitrogen and oxygen atoms in total. The molecule has 1 aliphatic carbocycles. The second-order valence-corrected chi connectivity index (χ2v) is 11.5. The van der Waals surface area contributed by atoms with Gasteiger partial charge in [0.25, 0.3) is 0 Å². The monoisotopic (exact) mass is 494 g/mol. The molecule has 7 atom stereocenters. The van der Waals surface area contributed by atoms with Gasteiger partial charge in [-0.1, -0.05) is 13.8 Å². The zero-order valence-corrected chi connectivity index (χ0v) is 21.3. The molecule has 0 bridgehead atoms. The maximum absolute atomic E-state index is 13.6. The summed E-state index contributed by atoms with van der Waals surface area (Å²) in [5.74, 6) is -1.52. The molecule has 0 aromatic carbocycles. The number of carbonyl (C=O) groups is 5. The second kappa shape index (κ2) is 9.75. The molecule has 2 heterocycles. The molecule has 35 heavy (non-hydrogen) atoms. The van der Waals surface area contributed by atoms with Gasteiger partial charge in [-0.05, 0) is 57.8 Å². The van der Waals surface area contributed by atoms with E-state index >= 15 is 0 Å². The molecule has 0 aromatic rings. The van der Waals surface area contributed by atoms with E-state index in [9.17, 15) is 29.1 Å². The summed E-state index contributed by atoms with van der Waals surface area (Å²) < 4.78 is 5.86. The Morgan fingerprint density at radius 2 is 1.94 bits per heavy atom. The highest BCUT2D eigenvalue weighted by atomic mass is 16.5. The van der Waals surface area contributed by atoms with E-state index in [1.54, 1.807) is 27.7 Å². The summed E-state index contributed by atoms with van der Waals surface area (Å²) in [6.07, 6.45) is -0.739. The zero-order chi connectivity index (χ0) is 26.3. The number of nitrogens with one attached hydrogen (secondary N) is 3. The SMILES string of the molecule is C[C@@H](OC(C)(C)C)[C@H](NC(=O)O)C(=O)N1C[C@H]2[C@@H]([C@H]1C(=O)NC(C=O)CC1CCNC1=O)C2(C)C. The average Bonchev–Trinajstić information content (AvgIpc) is 3.09. The Morgan fingerprint density at radius 3 is 2.46 bits per heavy atom. The molecule has 196 valence electrons. The van der Waals surface area contributed by atoms with Crippen LogP contribution in [-0.4, -0.2) is 83.0 Å². The van der Waals surface area contributed by atoms with Crippen LogP contribution in [-0.2, 0) is 23.9 Å². The molecular weight excluding hydrogens is 456 g/mol. The van der Waals surface area contributed by atoms with Gasteiger partial charge < -0.3 is 35.5 Å². The van der Waals surface area contributed by atoms with Crippen molar-refractivity contribution < 1.29 is 33.8 Å². The fourth-order valence-corrected chi connectivity index (χ4v) is 5.72. The highest BCUT2D eigenvalue weighted by Crippen LogP contribution is 2.64. The quantitative estimate of drug-likeness (QED) is 0.341. The first-order valence-corrected chi connectivity index (χ1v) is 12.2. The molecule has 4 N–H and O–H groups in total. The van der Waals surface area contributed by atoms with Crippen molar-refractivity contribution in [3.05, 3.63) is 0 Å². The Labute approximate surface area is 205 Å². The molecule has 4 amide bonds. The van der Waals surface area contributed by atoms with E-state index < -0.39 is 47.7 Å². The van der Waals surface area contributed by atoms with E-state index in [1.807, 2.05) is 13.8 Å². The predicted octanol–water partition coefficient (Wildman–Crippen LogP) is 0.519. The van der Waals surface area contributed by atoms with Crippen LogP contribution in [0.25, 0.3) is 0 Å². The van der Waals surface area contributed by atoms with Crippen LogP contribution >= 0.6 is 0 Å². The molecule has 2 aliphatic heterocycles. The average molecular weight is 495 g/mol. The molecule has 3 aliphatic rings. The van der Waals surface area contributed by atoms with Crippen molar-refractivity contribution in [3.8, 4) is 0 Å². The number of aldehydes is 1. The number of amides is 4. The number of carboxylic acid groups (broad SMARTS) is 1. The lowest BCUT2D eigenvalue weighted by Gasteiger charge is -2.36. The van der Waals surface area contributed by atoms with Crippen LogP contribution in [0.2, 0.25) is 0 Å². The van der Waals surface area contributed by atoms with Crippen LogP contribution in [0.1, 0.15) is 54.4 Å². The van der Waals surface area contributed by atoms with Gasteiger partial charge >= 0.3 is 6.09 Å². The van der Waals surface area contributed by atoms with Gasteiger partial charge in [-0.25, -0.2) is 4.79 Å². The lowest BCUT2D eigenvalue weighted by Crippen LogP contribution is -2.60. The molecule has 1 saturated carbocycles. The predicted molar refractivity (Wildman–Crippen MR) is 125 cm³/mol. The molecule has 3 fully saturated rings. The van der Waals surface area contributed by atoms with Gasteiger partial charge in [0.2, 0.25) is 17.7 Å². The molecular formula is C24H38N4O7. The van der Waals surface area contributed by atoms with Crippen molar-refractivity contribution in [2.75, 3.05) is 13.1 Å². The van der Waals surface area contributed by atoms with E-state index in [0.717, 1.165) is 0 Å². The third kappa shape index (κ3) is 5.76. The van der Waals surface area contributed by atoms with Crippen molar-refractivity contribution in [1.29, 1.82) is 0 Å². The van der Waals surface area contributed by atoms with Crippen molar-refractivity contribution in [2.24, 2.45) is 23.2 Å². The fraction of sp³-hybridized carbons (Fsp3) is 0.792. The van der Waals surface area contributed by atoms with Gasteiger partial charge in [-0.3, -0.25) is 14.4 Å². The summed E-state index contributed by atoms with van der Waals surface area (Å²) in [4.78, 5) is 63.6. The number of rotatable bonds is 9. The number of likely N-dealkylation sites (tertiary alicyclic amines) is 1. The van der Waals surface area contributed by atoms with E-state index in [-0.39, 0.29) is 35.5 Å². The van der Waals surface area contributed by atoms with Gasteiger partial charge in [-0.15, -0.1) is 0 Å². The molecule has 2 saturated heterocycles. The number of hydrogen-bond acceptors (Lipinski definition) is 6. The van der Waals surface area contributed by atoms with Crippen LogP contribution in [0, 0.1) is 23.2 Å². The summed E-state index contributed by atoms with van der Waals surface area (Å²) in [5.41, 5.74) is -0.780. The molecule has 11 heteroatoms. The molecule has 0 radical (unpaired) electrons. The van der Waals surface area contributed by atoms with Gasteiger partial charge in [-0.2, -0.15) is 0 Å². The standard InChI is InChI=1S/C24H38N4O7/c1-12(35-23(2,3)4)17(27-22(33)34)21(32)28-10-15-16(24(15,5)6)18(28)20(31)26-14(11-29)9-13-7-8-25-19(13)30/h11-18,27H,7-10H2,1-6H3,(H,25,30)(H,26,31)(H,33,34)/t12-,13?,14?,15+,16+,17+,18+/m1/s1. The largest absolute Gasteiger partial charge is 0.465 e. The van der Waals surface area contributed by atoms with Crippen molar-refractivity contribution in [2.45, 2.75) is 84.2 Å². The number of piperidine rings is 1. The van der Waals surface area contributed by atoms with Crippen molar-refractivity contribution in [1.82, 2.24) is 20.9 Å². The maximum Gasteiger partial charge on any atom is 0.405 e. The molecule has 0 aromatic heterocycles. The minimum absolute atomic E-state index is 0.0850. The zero-order valence-electron chi connectivity index (χ0n) is 21.3. The highest BCUT2D eigenvalue weighted by Gasteiger charge is 2.69. The summed E-state index contributed by atoms with van der Waals surface area (Å²) in [6, 6.07) is -2.90. The Balaban J connectivity index is 1.79. The van der Waals surface area contributed by atoms with E-state index in [0.29, 0.717) is 25.8 Å². The number of ether oxygens (including phenoxy) is 1. The second-order valence-electron chi connectivity index (χ2n) is 11.5. The Morgan fingerprint density at radius 1 is 1.29 bits per heavy atom. The first-order valence-electron chi connectivity index (χ1n) is 12.2. The molecule has 3 rings (SSSR count). The molecule has 0 spiro atoms. The van der Waals surface area contributed by atoms with Crippen LogP contribution in [0.5, 0.6) is 0 Å². The van der Waals surface area contributed by atoms with Crippen LogP contribution < -0.4 is 16.0 Å². The van der Waals surface area contributed by atoms with E-state index in [1.165, 1.54) is 4.90 Å². The lowest BCUT2D eigenvalue weighted by atomic mass is 9.97. The number of fused-ring (bicyclic) bond motifs is 1. The van der Waals surface area contributed by atoms with Crippen molar-refractivity contribution >= 4 is 30.1 Å². The number of carbonyl (C=O) groups excluding carboxylic acids is 4. The van der Waals surface area contributed by atoms with Crippen LogP contribution in [0.3, 0.4) is 0 Å². The third-order valence-corrected chi connectivity index (χ3v) is 7.51. The number of nitrogens with zero attached hydrogens (tertiary/aromatic N) is 1. The lowest BCUT2D eigenvalue weighted by molar-refractivity contribution is -0.147. The fourth-order valence-electron chi connectivity index (χ4n) is 5.72. The van der Waals surface area contributed by atoms with Gasteiger partial charge in [0.1, 0.15) is 18.4 Å². The summed E-state index contributed by atoms with van der Waals surface area (Å²) in [6.45, 7) is 11.9. The Bertz CT molecular complexity index is 884. The Kier molecular flexibility index (Phi) is 7.50. The summed E-state index contributed by atoms with van der Waals surface area (Å²) >= 11 is 0. The first kappa shape index (κ1) is 26.9. The normalized spacial score (nSPS) is 29.4. The minimum Gasteiger partial charge on any atom is -0.465 e. The van der Waals surface area contributed by atoms with Gasteiger partial charge in [0, 0.05) is 19.0 Å². The van der Waals surface area contributed by atoms with E-state index in [2.05, 4.69) is 16.0 Å². The number of hydrogen-bond donors (Lipinski definition) is 4. The van der Waals surface area contributed by atoms with Crippen LogP contribution in [0.4, 0.5) is 4.79 Å². The summed E-state index contributed by atoms with van der Waals surface area (Å²) in [5, 5.41) is 17.1. The maximum atomic E-state index is 13.6. The van der Waals surface area contributed by atoms with Gasteiger partial charge in [0.05, 0.1) is 17.7 Å². The topological polar surface area (TPSA) is 154 Å². The molecule has 2 unspecified atom stereocenters. The van der Waals surface area contributed by atoms with E-state index in [4.69, 9.17) is 4.74 Å². The Hall–Kier alpha value is -2.69. The highest BCUT2D eigenvalue weighted by molar-refractivity contribution is 5.94. The van der Waals surface area contributed by atoms with Crippen molar-refractivity contribution in [3.63, 3.8) is 0 Å². The summed E-state index contributed by atoms with van der Waals surface area (Å²) in [7, 11) is 0. The van der Waals surface area contributed by atoms with Gasteiger partial charge in [0.15, 0.2) is 0 Å². The smallest absolute Gasteiger partial charge is 0.405 e. The third-order valence-electron chi connectivity index (χ3n) is 7.51.